The van der Waals surface area contributed by atoms with Crippen LogP contribution < -0.4 is 0 Å². The van der Waals surface area contributed by atoms with Crippen LogP contribution in [-0.4, -0.2) is 22.8 Å². The molecule has 0 spiro atoms. The summed E-state index contributed by atoms with van der Waals surface area (Å²) < 4.78 is 4.83. The third kappa shape index (κ3) is 1.62. The molecular weight excluding hydrogens is 204 g/mol. The largest absolute Gasteiger partial charge is 0.461 e. The molecule has 76 valence electrons. The third-order valence-electron chi connectivity index (χ3n) is 2.18. The van der Waals surface area contributed by atoms with Gasteiger partial charge in [-0.05, 0) is 19.8 Å². The standard InChI is InChI=1S/C9H11ClN2O2/c1-2-14-9(13)8-6(10)7(11-12-8)5-3-4-5/h5H,2-4H2,1H3,(H,11,12). The molecule has 0 amide bonds. The highest BCUT2D eigenvalue weighted by Crippen LogP contribution is 2.42. The number of ether oxygens (including phenoxy) is 1. The van der Waals surface area contributed by atoms with Crippen molar-refractivity contribution in [2.75, 3.05) is 6.61 Å². The number of H-pyrrole nitrogens is 1. The Balaban J connectivity index is 2.21. The SMILES string of the molecule is CCOC(=O)c1[nH]nc(C2CC2)c1Cl. The Morgan fingerprint density at radius 3 is 3.00 bits per heavy atom. The Hall–Kier alpha value is -1.03. The molecule has 4 nitrogen and oxygen atoms in total. The minimum Gasteiger partial charge on any atom is -0.461 e. The lowest BCUT2D eigenvalue weighted by molar-refractivity contribution is 0.0519. The first-order valence-electron chi connectivity index (χ1n) is 4.65. The molecule has 14 heavy (non-hydrogen) atoms. The van der Waals surface area contributed by atoms with E-state index in [0.29, 0.717) is 17.5 Å². The summed E-state index contributed by atoms with van der Waals surface area (Å²) in [6.45, 7) is 2.09. The molecule has 0 aliphatic heterocycles. The van der Waals surface area contributed by atoms with Crippen molar-refractivity contribution in [2.24, 2.45) is 0 Å². The average molecular weight is 215 g/mol. The Morgan fingerprint density at radius 2 is 2.43 bits per heavy atom. The van der Waals surface area contributed by atoms with Gasteiger partial charge in [-0.1, -0.05) is 11.6 Å². The summed E-state index contributed by atoms with van der Waals surface area (Å²) in [5.74, 6) is -0.00109. The van der Waals surface area contributed by atoms with Crippen LogP contribution in [0, 0.1) is 0 Å². The van der Waals surface area contributed by atoms with Crippen LogP contribution in [0.1, 0.15) is 41.9 Å². The molecular formula is C9H11ClN2O2. The Morgan fingerprint density at radius 1 is 1.71 bits per heavy atom. The van der Waals surface area contributed by atoms with E-state index in [4.69, 9.17) is 16.3 Å². The van der Waals surface area contributed by atoms with Crippen molar-refractivity contribution in [2.45, 2.75) is 25.7 Å². The van der Waals surface area contributed by atoms with Crippen LogP contribution in [0.4, 0.5) is 0 Å². The number of hydrogen-bond acceptors (Lipinski definition) is 3. The molecule has 5 heteroatoms. The highest BCUT2D eigenvalue weighted by atomic mass is 35.5. The van der Waals surface area contributed by atoms with E-state index in [-0.39, 0.29) is 5.69 Å². The van der Waals surface area contributed by atoms with Gasteiger partial charge in [0.15, 0.2) is 5.69 Å². The summed E-state index contributed by atoms with van der Waals surface area (Å²) in [6, 6.07) is 0. The number of rotatable bonds is 3. The summed E-state index contributed by atoms with van der Waals surface area (Å²) in [6.07, 6.45) is 2.21. The lowest BCUT2D eigenvalue weighted by Gasteiger charge is -1.98. The van der Waals surface area contributed by atoms with Crippen LogP contribution in [0.15, 0.2) is 0 Å². The number of carbonyl (C=O) groups excluding carboxylic acids is 1. The Bertz CT molecular complexity index is 358. The summed E-state index contributed by atoms with van der Waals surface area (Å²) >= 11 is 6.00. The molecule has 0 radical (unpaired) electrons. The van der Waals surface area contributed by atoms with Gasteiger partial charge >= 0.3 is 5.97 Å². The predicted octanol–water partition coefficient (Wildman–Crippen LogP) is 2.12. The molecule has 1 saturated carbocycles. The maximum atomic E-state index is 11.3. The molecule has 1 heterocycles. The molecule has 1 aromatic rings. The zero-order valence-electron chi connectivity index (χ0n) is 7.84. The zero-order chi connectivity index (χ0) is 10.1. The predicted molar refractivity (Wildman–Crippen MR) is 51.5 cm³/mol. The van der Waals surface area contributed by atoms with Gasteiger partial charge in [-0.3, -0.25) is 5.10 Å². The lowest BCUT2D eigenvalue weighted by Crippen LogP contribution is -2.05. The lowest BCUT2D eigenvalue weighted by atomic mass is 10.2. The summed E-state index contributed by atoms with van der Waals surface area (Å²) in [5.41, 5.74) is 1.07. The van der Waals surface area contributed by atoms with Gasteiger partial charge < -0.3 is 4.74 Å². The molecule has 0 bridgehead atoms. The third-order valence-corrected chi connectivity index (χ3v) is 2.56. The van der Waals surface area contributed by atoms with Gasteiger partial charge in [0.05, 0.1) is 17.3 Å². The number of carbonyl (C=O) groups is 1. The van der Waals surface area contributed by atoms with Crippen LogP contribution >= 0.6 is 11.6 Å². The smallest absolute Gasteiger partial charge is 0.357 e. The molecule has 1 aliphatic carbocycles. The molecule has 0 atom stereocenters. The van der Waals surface area contributed by atoms with Gasteiger partial charge in [-0.25, -0.2) is 4.79 Å². The summed E-state index contributed by atoms with van der Waals surface area (Å²) in [5, 5.41) is 7.07. The molecule has 1 aliphatic rings. The second kappa shape index (κ2) is 3.61. The van der Waals surface area contributed by atoms with Crippen LogP contribution in [-0.2, 0) is 4.74 Å². The van der Waals surface area contributed by atoms with Gasteiger partial charge in [-0.15, -0.1) is 0 Å². The van der Waals surface area contributed by atoms with Crippen molar-refractivity contribution in [1.82, 2.24) is 10.2 Å². The fourth-order valence-electron chi connectivity index (χ4n) is 1.31. The van der Waals surface area contributed by atoms with Gasteiger partial charge in [0.1, 0.15) is 0 Å². The molecule has 1 fully saturated rings. The van der Waals surface area contributed by atoms with E-state index in [1.807, 2.05) is 0 Å². The molecule has 1 N–H and O–H groups in total. The fourth-order valence-corrected chi connectivity index (χ4v) is 1.62. The zero-order valence-corrected chi connectivity index (χ0v) is 8.60. The van der Waals surface area contributed by atoms with E-state index < -0.39 is 5.97 Å². The Labute approximate surface area is 86.6 Å². The van der Waals surface area contributed by atoms with Crippen molar-refractivity contribution in [3.05, 3.63) is 16.4 Å². The molecule has 0 aromatic carbocycles. The number of nitrogens with one attached hydrogen (secondary N) is 1. The number of esters is 1. The van der Waals surface area contributed by atoms with Crippen LogP contribution in [0.25, 0.3) is 0 Å². The highest BCUT2D eigenvalue weighted by Gasteiger charge is 2.31. The monoisotopic (exact) mass is 214 g/mol. The number of halogens is 1. The fraction of sp³-hybridized carbons (Fsp3) is 0.556. The van der Waals surface area contributed by atoms with Gasteiger partial charge in [0, 0.05) is 5.92 Å². The second-order valence-corrected chi connectivity index (χ2v) is 3.67. The van der Waals surface area contributed by atoms with Crippen molar-refractivity contribution in [3.8, 4) is 0 Å². The number of nitrogens with zero attached hydrogens (tertiary/aromatic N) is 1. The minimum atomic E-state index is -0.433. The first-order chi connectivity index (χ1) is 6.74. The van der Waals surface area contributed by atoms with E-state index in [0.717, 1.165) is 18.5 Å². The van der Waals surface area contributed by atoms with Crippen molar-refractivity contribution in [3.63, 3.8) is 0 Å². The van der Waals surface area contributed by atoms with Gasteiger partial charge in [-0.2, -0.15) is 5.10 Å². The first-order valence-corrected chi connectivity index (χ1v) is 5.02. The van der Waals surface area contributed by atoms with E-state index in [1.54, 1.807) is 6.92 Å². The minimum absolute atomic E-state index is 0.274. The van der Waals surface area contributed by atoms with E-state index in [9.17, 15) is 4.79 Å². The van der Waals surface area contributed by atoms with E-state index >= 15 is 0 Å². The van der Waals surface area contributed by atoms with Crippen LogP contribution in [0.5, 0.6) is 0 Å². The van der Waals surface area contributed by atoms with Gasteiger partial charge in [0.25, 0.3) is 0 Å². The summed E-state index contributed by atoms with van der Waals surface area (Å²) in [4.78, 5) is 11.3. The van der Waals surface area contributed by atoms with Crippen molar-refractivity contribution < 1.29 is 9.53 Å². The molecule has 1 aromatic heterocycles. The van der Waals surface area contributed by atoms with Crippen molar-refractivity contribution >= 4 is 17.6 Å². The topological polar surface area (TPSA) is 55.0 Å². The summed E-state index contributed by atoms with van der Waals surface area (Å²) in [7, 11) is 0. The van der Waals surface area contributed by atoms with E-state index in [1.165, 1.54) is 0 Å². The molecule has 0 unspecified atom stereocenters. The Kier molecular flexibility index (Phi) is 2.46. The normalized spacial score (nSPS) is 15.6. The quantitative estimate of drug-likeness (QED) is 0.785. The maximum Gasteiger partial charge on any atom is 0.357 e. The van der Waals surface area contributed by atoms with Crippen LogP contribution in [0.2, 0.25) is 5.02 Å². The first kappa shape index (κ1) is 9.52. The number of aromatic amines is 1. The maximum absolute atomic E-state index is 11.3. The number of hydrogen-bond donors (Lipinski definition) is 1. The molecule has 0 saturated heterocycles. The average Bonchev–Trinajstić information content (AvgIpc) is 2.91. The van der Waals surface area contributed by atoms with Crippen molar-refractivity contribution in [1.29, 1.82) is 0 Å². The van der Waals surface area contributed by atoms with Gasteiger partial charge in [0.2, 0.25) is 0 Å². The highest BCUT2D eigenvalue weighted by molar-refractivity contribution is 6.34. The second-order valence-electron chi connectivity index (χ2n) is 3.29. The molecule has 2 rings (SSSR count). The van der Waals surface area contributed by atoms with E-state index in [2.05, 4.69) is 10.2 Å². The number of aromatic nitrogens is 2. The van der Waals surface area contributed by atoms with Crippen LogP contribution in [0.3, 0.4) is 0 Å².